The van der Waals surface area contributed by atoms with Crippen LogP contribution in [0.1, 0.15) is 5.56 Å². The lowest BCUT2D eigenvalue weighted by molar-refractivity contribution is 0.410. The molecule has 0 fully saturated rings. The van der Waals surface area contributed by atoms with Gasteiger partial charge in [0, 0.05) is 12.1 Å². The third-order valence-corrected chi connectivity index (χ3v) is 2.63. The van der Waals surface area contributed by atoms with E-state index in [9.17, 15) is 0 Å². The second-order valence-corrected chi connectivity index (χ2v) is 4.10. The molecule has 0 saturated heterocycles. The van der Waals surface area contributed by atoms with E-state index in [4.69, 9.17) is 16.2 Å². The normalized spacial score (nSPS) is 11.6. The zero-order chi connectivity index (χ0) is 12.0. The van der Waals surface area contributed by atoms with Gasteiger partial charge >= 0.3 is 0 Å². The largest absolute Gasteiger partial charge is 0.496 e. The molecular weight excluding hydrogens is 222 g/mol. The van der Waals surface area contributed by atoms with Crippen molar-refractivity contribution >= 4 is 23.3 Å². The topological polar surface area (TPSA) is 73.6 Å². The monoisotopic (exact) mass is 239 g/mol. The van der Waals surface area contributed by atoms with Gasteiger partial charge in [0.2, 0.25) is 0 Å². The second kappa shape index (κ2) is 6.40. The van der Waals surface area contributed by atoms with Gasteiger partial charge in [0.05, 0.1) is 18.6 Å². The maximum Gasteiger partial charge on any atom is 0.123 e. The molecule has 1 aromatic rings. The summed E-state index contributed by atoms with van der Waals surface area (Å²) in [4.78, 5) is 4.30. The van der Waals surface area contributed by atoms with E-state index < -0.39 is 0 Å². The number of amidine groups is 1. The van der Waals surface area contributed by atoms with Gasteiger partial charge in [-0.15, -0.1) is 0 Å². The minimum atomic E-state index is 0.426. The molecule has 0 unspecified atom stereocenters. The van der Waals surface area contributed by atoms with E-state index in [1.807, 2.05) is 24.5 Å². The highest BCUT2D eigenvalue weighted by Gasteiger charge is 2.02. The van der Waals surface area contributed by atoms with Crippen molar-refractivity contribution in [2.45, 2.75) is 6.54 Å². The number of thioether (sulfide) groups is 1. The molecule has 0 amide bonds. The highest BCUT2D eigenvalue weighted by atomic mass is 32.2. The van der Waals surface area contributed by atoms with Crippen LogP contribution in [0.4, 0.5) is 5.69 Å². The van der Waals surface area contributed by atoms with Crippen LogP contribution in [0.5, 0.6) is 5.75 Å². The van der Waals surface area contributed by atoms with E-state index in [0.29, 0.717) is 12.4 Å². The molecule has 1 aromatic carbocycles. The lowest BCUT2D eigenvalue weighted by Gasteiger charge is -2.07. The van der Waals surface area contributed by atoms with Crippen molar-refractivity contribution in [1.82, 2.24) is 0 Å². The fraction of sp³-hybridized carbons (Fsp3) is 0.364. The zero-order valence-electron chi connectivity index (χ0n) is 9.56. The Morgan fingerprint density at radius 2 is 2.25 bits per heavy atom. The Morgan fingerprint density at radius 1 is 1.50 bits per heavy atom. The number of benzene rings is 1. The van der Waals surface area contributed by atoms with Gasteiger partial charge in [-0.1, -0.05) is 0 Å². The van der Waals surface area contributed by atoms with E-state index in [2.05, 4.69) is 4.99 Å². The number of ether oxygens (including phenoxy) is 1. The molecule has 0 bridgehead atoms. The van der Waals surface area contributed by atoms with E-state index in [1.54, 1.807) is 18.9 Å². The third-order valence-electron chi connectivity index (χ3n) is 2.05. The van der Waals surface area contributed by atoms with Crippen molar-refractivity contribution in [1.29, 1.82) is 0 Å². The van der Waals surface area contributed by atoms with Crippen LogP contribution in [0.3, 0.4) is 0 Å². The summed E-state index contributed by atoms with van der Waals surface area (Å²) < 4.78 is 5.18. The summed E-state index contributed by atoms with van der Waals surface area (Å²) in [7, 11) is 1.62. The quantitative estimate of drug-likeness (QED) is 0.603. The lowest BCUT2D eigenvalue weighted by atomic mass is 10.2. The molecule has 88 valence electrons. The van der Waals surface area contributed by atoms with Crippen LogP contribution in [0.2, 0.25) is 0 Å². The van der Waals surface area contributed by atoms with Gasteiger partial charge in [-0.3, -0.25) is 0 Å². The molecule has 0 saturated carbocycles. The molecule has 0 aliphatic carbocycles. The Hall–Kier alpha value is -1.20. The van der Waals surface area contributed by atoms with Gasteiger partial charge in [0.15, 0.2) is 0 Å². The SMILES string of the molecule is COc1ccc(N=C(N)CSC)cc1CN. The van der Waals surface area contributed by atoms with Crippen LogP contribution in [-0.2, 0) is 6.54 Å². The number of rotatable bonds is 5. The molecule has 5 heteroatoms. The summed E-state index contributed by atoms with van der Waals surface area (Å²) in [6.07, 6.45) is 1.99. The molecular formula is C11H17N3OS. The van der Waals surface area contributed by atoms with E-state index in [-0.39, 0.29) is 0 Å². The number of nitrogens with two attached hydrogens (primary N) is 2. The summed E-state index contributed by atoms with van der Waals surface area (Å²) in [5, 5.41) is 0. The van der Waals surface area contributed by atoms with Gasteiger partial charge in [0.25, 0.3) is 0 Å². The van der Waals surface area contributed by atoms with Crippen molar-refractivity contribution in [3.8, 4) is 5.75 Å². The van der Waals surface area contributed by atoms with E-state index in [1.165, 1.54) is 0 Å². The molecule has 4 nitrogen and oxygen atoms in total. The van der Waals surface area contributed by atoms with Crippen molar-refractivity contribution < 1.29 is 4.74 Å². The second-order valence-electron chi connectivity index (χ2n) is 3.24. The Labute approximate surface area is 100 Å². The molecule has 1 rings (SSSR count). The average Bonchev–Trinajstić information content (AvgIpc) is 2.29. The van der Waals surface area contributed by atoms with Gasteiger partial charge in [-0.2, -0.15) is 11.8 Å². The Balaban J connectivity index is 2.94. The predicted octanol–water partition coefficient (Wildman–Crippen LogP) is 1.51. The van der Waals surface area contributed by atoms with Crippen molar-refractivity contribution in [3.05, 3.63) is 23.8 Å². The number of nitrogens with zero attached hydrogens (tertiary/aromatic N) is 1. The molecule has 4 N–H and O–H groups in total. The highest BCUT2D eigenvalue weighted by Crippen LogP contribution is 2.23. The Bertz CT molecular complexity index is 379. The highest BCUT2D eigenvalue weighted by molar-refractivity contribution is 7.99. The molecule has 0 atom stereocenters. The molecule has 0 aromatic heterocycles. The van der Waals surface area contributed by atoms with Gasteiger partial charge in [0.1, 0.15) is 11.6 Å². The number of methoxy groups -OCH3 is 1. The smallest absolute Gasteiger partial charge is 0.123 e. The molecule has 0 heterocycles. The number of hydrogen-bond acceptors (Lipinski definition) is 4. The summed E-state index contributed by atoms with van der Waals surface area (Å²) >= 11 is 1.64. The summed E-state index contributed by atoms with van der Waals surface area (Å²) in [5.41, 5.74) is 13.1. The maximum absolute atomic E-state index is 5.74. The minimum Gasteiger partial charge on any atom is -0.496 e. The van der Waals surface area contributed by atoms with Gasteiger partial charge < -0.3 is 16.2 Å². The number of hydrogen-bond donors (Lipinski definition) is 2. The van der Waals surface area contributed by atoms with E-state index in [0.717, 1.165) is 22.8 Å². The lowest BCUT2D eigenvalue weighted by Crippen LogP contribution is -2.13. The molecule has 0 aliphatic rings. The van der Waals surface area contributed by atoms with Crippen molar-refractivity contribution in [3.63, 3.8) is 0 Å². The first kappa shape index (κ1) is 12.9. The van der Waals surface area contributed by atoms with Crippen LogP contribution in [0.15, 0.2) is 23.2 Å². The zero-order valence-corrected chi connectivity index (χ0v) is 10.4. The fourth-order valence-electron chi connectivity index (χ4n) is 1.34. The van der Waals surface area contributed by atoms with Gasteiger partial charge in [-0.05, 0) is 24.5 Å². The third kappa shape index (κ3) is 3.43. The van der Waals surface area contributed by atoms with E-state index >= 15 is 0 Å². The number of aliphatic imine (C=N–C) groups is 1. The summed E-state index contributed by atoms with van der Waals surface area (Å²) in [6, 6.07) is 5.62. The molecule has 0 aliphatic heterocycles. The molecule has 0 radical (unpaired) electrons. The molecule has 16 heavy (non-hydrogen) atoms. The Morgan fingerprint density at radius 3 is 2.81 bits per heavy atom. The van der Waals surface area contributed by atoms with Crippen LogP contribution in [0, 0.1) is 0 Å². The first-order valence-corrected chi connectivity index (χ1v) is 6.29. The minimum absolute atomic E-state index is 0.426. The van der Waals surface area contributed by atoms with Crippen molar-refractivity contribution in [2.24, 2.45) is 16.5 Å². The fourth-order valence-corrected chi connectivity index (χ4v) is 1.70. The van der Waals surface area contributed by atoms with Crippen LogP contribution in [-0.4, -0.2) is 25.0 Å². The Kier molecular flexibility index (Phi) is 5.14. The van der Waals surface area contributed by atoms with Crippen LogP contribution >= 0.6 is 11.8 Å². The van der Waals surface area contributed by atoms with Crippen molar-refractivity contribution in [2.75, 3.05) is 19.1 Å². The average molecular weight is 239 g/mol. The summed E-state index contributed by atoms with van der Waals surface area (Å²) in [6.45, 7) is 0.426. The summed E-state index contributed by atoms with van der Waals surface area (Å²) in [5.74, 6) is 2.12. The first-order chi connectivity index (χ1) is 7.71. The standard InChI is InChI=1S/C11H17N3OS/c1-15-10-4-3-9(5-8(10)6-12)14-11(13)7-16-2/h3-5H,6-7,12H2,1-2H3,(H2,13,14). The van der Waals surface area contributed by atoms with Gasteiger partial charge in [-0.25, -0.2) is 4.99 Å². The first-order valence-electron chi connectivity index (χ1n) is 4.90. The molecule has 0 spiro atoms. The van der Waals surface area contributed by atoms with Crippen LogP contribution in [0.25, 0.3) is 0 Å². The predicted molar refractivity (Wildman–Crippen MR) is 70.5 cm³/mol. The maximum atomic E-state index is 5.74. The van der Waals surface area contributed by atoms with Crippen LogP contribution < -0.4 is 16.2 Å².